The van der Waals surface area contributed by atoms with Gasteiger partial charge in [0.2, 0.25) is 0 Å². The lowest BCUT2D eigenvalue weighted by molar-refractivity contribution is 0.0786. The second-order valence-electron chi connectivity index (χ2n) is 3.26. The lowest BCUT2D eigenvalue weighted by atomic mass is 9.89. The van der Waals surface area contributed by atoms with Gasteiger partial charge < -0.3 is 10.4 Å². The van der Waals surface area contributed by atoms with Gasteiger partial charge in [-0.1, -0.05) is 11.6 Å². The Bertz CT molecular complexity index is 305. The molecular formula is C9H11ClN2O. The highest BCUT2D eigenvalue weighted by Gasteiger charge is 2.28. The van der Waals surface area contributed by atoms with Crippen molar-refractivity contribution in [1.82, 2.24) is 4.98 Å². The molecule has 1 aromatic rings. The molecule has 0 bridgehead atoms. The van der Waals surface area contributed by atoms with Crippen molar-refractivity contribution in [3.63, 3.8) is 0 Å². The molecule has 3 nitrogen and oxygen atoms in total. The number of hydrogen-bond donors (Lipinski definition) is 2. The predicted octanol–water partition coefficient (Wildman–Crippen LogP) is 1.67. The van der Waals surface area contributed by atoms with Gasteiger partial charge in [0.25, 0.3) is 0 Å². The summed E-state index contributed by atoms with van der Waals surface area (Å²) in [6.07, 6.45) is 3.33. The summed E-state index contributed by atoms with van der Waals surface area (Å²) < 4.78 is 0. The van der Waals surface area contributed by atoms with Crippen LogP contribution in [-0.4, -0.2) is 22.2 Å². The minimum absolute atomic E-state index is 0.179. The smallest absolute Gasteiger partial charge is 0.131 e. The fourth-order valence-corrected chi connectivity index (χ4v) is 1.53. The van der Waals surface area contributed by atoms with E-state index in [0.717, 1.165) is 18.5 Å². The molecule has 0 aliphatic heterocycles. The van der Waals surface area contributed by atoms with Gasteiger partial charge in [0, 0.05) is 11.9 Å². The van der Waals surface area contributed by atoms with Crippen LogP contribution < -0.4 is 5.32 Å². The van der Waals surface area contributed by atoms with Crippen molar-refractivity contribution >= 4 is 17.3 Å². The first-order valence-corrected chi connectivity index (χ1v) is 4.69. The first kappa shape index (κ1) is 8.78. The summed E-state index contributed by atoms with van der Waals surface area (Å²) in [6.45, 7) is 0. The normalized spacial score (nSPS) is 26.6. The number of rotatable bonds is 2. The Morgan fingerprint density at radius 1 is 1.54 bits per heavy atom. The maximum absolute atomic E-state index is 9.33. The van der Waals surface area contributed by atoms with Crippen LogP contribution in [0.25, 0.3) is 0 Å². The number of halogens is 1. The van der Waals surface area contributed by atoms with E-state index in [1.807, 2.05) is 6.07 Å². The fraction of sp³-hybridized carbons (Fsp3) is 0.444. The average Bonchev–Trinajstić information content (AvgIpc) is 2.12. The lowest BCUT2D eigenvalue weighted by Crippen LogP contribution is -2.42. The molecule has 1 heterocycles. The van der Waals surface area contributed by atoms with Crippen LogP contribution in [0.5, 0.6) is 0 Å². The standard InChI is InChI=1S/C9H11ClN2O/c10-9-5-6(3-4-11-9)12-7-1-2-8(7)13/h3-5,7-8,13H,1-2H2,(H,11,12)/t7-,8-/m1/s1. The third-order valence-corrected chi connectivity index (χ3v) is 2.52. The zero-order chi connectivity index (χ0) is 9.26. The van der Waals surface area contributed by atoms with Crippen molar-refractivity contribution in [3.05, 3.63) is 23.5 Å². The maximum Gasteiger partial charge on any atom is 0.131 e. The molecule has 1 aliphatic rings. The van der Waals surface area contributed by atoms with Crippen LogP contribution in [0.4, 0.5) is 5.69 Å². The van der Waals surface area contributed by atoms with E-state index in [1.165, 1.54) is 0 Å². The van der Waals surface area contributed by atoms with Crippen LogP contribution in [0, 0.1) is 0 Å². The van der Waals surface area contributed by atoms with E-state index in [0.29, 0.717) is 5.15 Å². The highest BCUT2D eigenvalue weighted by molar-refractivity contribution is 6.29. The van der Waals surface area contributed by atoms with Crippen LogP contribution in [0.2, 0.25) is 5.15 Å². The molecule has 4 heteroatoms. The van der Waals surface area contributed by atoms with Crippen molar-refractivity contribution in [2.24, 2.45) is 0 Å². The number of nitrogens with one attached hydrogen (secondary N) is 1. The van der Waals surface area contributed by atoms with Crippen LogP contribution in [0.15, 0.2) is 18.3 Å². The molecule has 0 amide bonds. The van der Waals surface area contributed by atoms with Gasteiger partial charge in [-0.2, -0.15) is 0 Å². The Labute approximate surface area is 81.8 Å². The minimum Gasteiger partial charge on any atom is -0.391 e. The van der Waals surface area contributed by atoms with Gasteiger partial charge in [-0.05, 0) is 25.0 Å². The Kier molecular flexibility index (Phi) is 2.38. The molecule has 2 atom stereocenters. The van der Waals surface area contributed by atoms with Gasteiger partial charge in [-0.15, -0.1) is 0 Å². The SMILES string of the molecule is O[C@@H]1CC[C@H]1Nc1ccnc(Cl)c1. The van der Waals surface area contributed by atoms with Crippen molar-refractivity contribution in [3.8, 4) is 0 Å². The molecule has 0 spiro atoms. The molecule has 13 heavy (non-hydrogen) atoms. The predicted molar refractivity (Wildman–Crippen MR) is 51.9 cm³/mol. The summed E-state index contributed by atoms with van der Waals surface area (Å²) in [5, 5.41) is 13.0. The second-order valence-corrected chi connectivity index (χ2v) is 3.65. The monoisotopic (exact) mass is 198 g/mol. The zero-order valence-electron chi connectivity index (χ0n) is 7.07. The number of anilines is 1. The molecule has 1 fully saturated rings. The van der Waals surface area contributed by atoms with Gasteiger partial charge in [0.15, 0.2) is 0 Å². The van der Waals surface area contributed by atoms with Crippen LogP contribution in [-0.2, 0) is 0 Å². The molecule has 1 aromatic heterocycles. The summed E-state index contributed by atoms with van der Waals surface area (Å²) in [5.41, 5.74) is 0.920. The third-order valence-electron chi connectivity index (χ3n) is 2.32. The summed E-state index contributed by atoms with van der Waals surface area (Å²) in [5.74, 6) is 0. The Morgan fingerprint density at radius 3 is 2.92 bits per heavy atom. The highest BCUT2D eigenvalue weighted by Crippen LogP contribution is 2.24. The van der Waals surface area contributed by atoms with Crippen molar-refractivity contribution in [2.75, 3.05) is 5.32 Å². The summed E-state index contributed by atoms with van der Waals surface area (Å²) >= 11 is 5.71. The molecule has 2 rings (SSSR count). The Hall–Kier alpha value is -0.800. The molecule has 2 N–H and O–H groups in total. The maximum atomic E-state index is 9.33. The number of nitrogens with zero attached hydrogens (tertiary/aromatic N) is 1. The molecule has 1 saturated carbocycles. The van der Waals surface area contributed by atoms with Gasteiger partial charge in [-0.3, -0.25) is 0 Å². The molecule has 1 aliphatic carbocycles. The third kappa shape index (κ3) is 1.92. The molecule has 70 valence electrons. The van der Waals surface area contributed by atoms with Gasteiger partial charge in [0.05, 0.1) is 12.1 Å². The van der Waals surface area contributed by atoms with Crippen molar-refractivity contribution in [2.45, 2.75) is 25.0 Å². The van der Waals surface area contributed by atoms with E-state index in [1.54, 1.807) is 12.3 Å². The van der Waals surface area contributed by atoms with Crippen molar-refractivity contribution in [1.29, 1.82) is 0 Å². The summed E-state index contributed by atoms with van der Waals surface area (Å²) in [6, 6.07) is 3.78. The largest absolute Gasteiger partial charge is 0.391 e. The van der Waals surface area contributed by atoms with E-state index in [2.05, 4.69) is 10.3 Å². The van der Waals surface area contributed by atoms with E-state index in [9.17, 15) is 5.11 Å². The molecule has 0 unspecified atom stereocenters. The van der Waals surface area contributed by atoms with E-state index < -0.39 is 0 Å². The number of aliphatic hydroxyl groups excluding tert-OH is 1. The Balaban J connectivity index is 2.01. The summed E-state index contributed by atoms with van der Waals surface area (Å²) in [4.78, 5) is 3.87. The fourth-order valence-electron chi connectivity index (χ4n) is 1.36. The topological polar surface area (TPSA) is 45.1 Å². The van der Waals surface area contributed by atoms with Crippen LogP contribution >= 0.6 is 11.6 Å². The van der Waals surface area contributed by atoms with Crippen LogP contribution in [0.3, 0.4) is 0 Å². The van der Waals surface area contributed by atoms with E-state index in [-0.39, 0.29) is 12.1 Å². The van der Waals surface area contributed by atoms with E-state index >= 15 is 0 Å². The highest BCUT2D eigenvalue weighted by atomic mass is 35.5. The number of hydrogen-bond acceptors (Lipinski definition) is 3. The van der Waals surface area contributed by atoms with Gasteiger partial charge in [-0.25, -0.2) is 4.98 Å². The minimum atomic E-state index is -0.216. The zero-order valence-corrected chi connectivity index (χ0v) is 7.83. The van der Waals surface area contributed by atoms with Gasteiger partial charge >= 0.3 is 0 Å². The quantitative estimate of drug-likeness (QED) is 0.711. The van der Waals surface area contributed by atoms with Crippen LogP contribution in [0.1, 0.15) is 12.8 Å². The van der Waals surface area contributed by atoms with Crippen molar-refractivity contribution < 1.29 is 5.11 Å². The number of aliphatic hydroxyl groups is 1. The first-order chi connectivity index (χ1) is 6.25. The average molecular weight is 199 g/mol. The van der Waals surface area contributed by atoms with Gasteiger partial charge in [0.1, 0.15) is 5.15 Å². The number of pyridine rings is 1. The van der Waals surface area contributed by atoms with E-state index in [4.69, 9.17) is 11.6 Å². The number of aromatic nitrogens is 1. The second kappa shape index (κ2) is 3.52. The molecular weight excluding hydrogens is 188 g/mol. The Morgan fingerprint density at radius 2 is 2.38 bits per heavy atom. The molecule has 0 saturated heterocycles. The molecule has 0 aromatic carbocycles. The lowest BCUT2D eigenvalue weighted by Gasteiger charge is -2.33. The first-order valence-electron chi connectivity index (χ1n) is 4.32. The summed E-state index contributed by atoms with van der Waals surface area (Å²) in [7, 11) is 0. The molecule has 0 radical (unpaired) electrons.